The minimum Gasteiger partial charge on any atom is -0.299 e. The van der Waals surface area contributed by atoms with E-state index < -0.39 is 10.0 Å². The van der Waals surface area contributed by atoms with Crippen molar-refractivity contribution in [3.63, 3.8) is 0 Å². The van der Waals surface area contributed by atoms with E-state index in [1.165, 1.54) is 23.3 Å². The van der Waals surface area contributed by atoms with Gasteiger partial charge in [0.05, 0.1) is 15.1 Å². The van der Waals surface area contributed by atoms with Crippen LogP contribution in [0.25, 0.3) is 0 Å². The van der Waals surface area contributed by atoms with E-state index in [1.807, 2.05) is 0 Å². The van der Waals surface area contributed by atoms with Crippen molar-refractivity contribution >= 4 is 44.8 Å². The molecule has 0 atom stereocenters. The van der Waals surface area contributed by atoms with Gasteiger partial charge in [0.25, 0.3) is 0 Å². The lowest BCUT2D eigenvalue weighted by Gasteiger charge is -2.28. The molecule has 28 heavy (non-hydrogen) atoms. The third-order valence-electron chi connectivity index (χ3n) is 4.92. The van der Waals surface area contributed by atoms with Crippen molar-refractivity contribution in [2.75, 3.05) is 19.6 Å². The summed E-state index contributed by atoms with van der Waals surface area (Å²) in [6.45, 7) is 3.47. The second kappa shape index (κ2) is 9.79. The average molecular weight is 462 g/mol. The summed E-state index contributed by atoms with van der Waals surface area (Å²) in [6.07, 6.45) is 3.86. The van der Waals surface area contributed by atoms with Crippen molar-refractivity contribution in [2.45, 2.75) is 37.1 Å². The number of hydrogen-bond donors (Lipinski definition) is 1. The highest BCUT2D eigenvalue weighted by Crippen LogP contribution is 2.31. The molecule has 0 fully saturated rings. The molecule has 0 aliphatic carbocycles. The summed E-state index contributed by atoms with van der Waals surface area (Å²) in [4.78, 5) is 2.41. The molecule has 152 valence electrons. The summed E-state index contributed by atoms with van der Waals surface area (Å²) in [6, 6.07) is 11.2. The van der Waals surface area contributed by atoms with Crippen molar-refractivity contribution in [3.05, 3.63) is 62.6 Å². The molecule has 2 aromatic rings. The van der Waals surface area contributed by atoms with E-state index in [9.17, 15) is 8.42 Å². The van der Waals surface area contributed by atoms with Crippen molar-refractivity contribution in [1.82, 2.24) is 9.62 Å². The van der Waals surface area contributed by atoms with Gasteiger partial charge < -0.3 is 0 Å². The van der Waals surface area contributed by atoms with Crippen LogP contribution in [0, 0.1) is 0 Å². The van der Waals surface area contributed by atoms with E-state index in [0.717, 1.165) is 45.3 Å². The number of nitrogens with one attached hydrogen (secondary N) is 1. The Kier molecular flexibility index (Phi) is 7.65. The molecule has 8 heteroatoms. The summed E-state index contributed by atoms with van der Waals surface area (Å²) in [5, 5.41) is 0.452. The Morgan fingerprint density at radius 1 is 0.929 bits per heavy atom. The number of benzene rings is 2. The summed E-state index contributed by atoms with van der Waals surface area (Å²) < 4.78 is 27.4. The van der Waals surface area contributed by atoms with Crippen LogP contribution in [-0.4, -0.2) is 33.0 Å². The maximum atomic E-state index is 12.4. The van der Waals surface area contributed by atoms with Crippen LogP contribution < -0.4 is 4.72 Å². The van der Waals surface area contributed by atoms with Crippen LogP contribution in [-0.2, 0) is 23.0 Å². The zero-order valence-corrected chi connectivity index (χ0v) is 18.5. The quantitative estimate of drug-likeness (QED) is 0.437. The zero-order valence-electron chi connectivity index (χ0n) is 15.4. The smallest absolute Gasteiger partial charge is 0.242 e. The van der Waals surface area contributed by atoms with Gasteiger partial charge in [-0.3, -0.25) is 4.90 Å². The molecule has 0 aromatic heterocycles. The van der Waals surface area contributed by atoms with Crippen molar-refractivity contribution in [1.29, 1.82) is 0 Å². The molecule has 0 bridgehead atoms. The molecular weight excluding hydrogens is 439 g/mol. The number of fused-ring (bicyclic) bond motifs is 1. The normalized spacial score (nSPS) is 14.8. The summed E-state index contributed by atoms with van der Waals surface area (Å²) >= 11 is 17.8. The standard InChI is InChI=1S/C20H23Cl3N2O2S/c21-17-12-19(23)20(13-18(17)22)28(26,27)24-9-4-1-5-10-25-11-8-15-6-2-3-7-16(15)14-25/h2-3,6-7,12-13,24H,1,4-5,8-11,14H2. The molecule has 3 rings (SSSR count). The van der Waals surface area contributed by atoms with Gasteiger partial charge in [-0.15, -0.1) is 0 Å². The molecule has 0 saturated carbocycles. The highest BCUT2D eigenvalue weighted by atomic mass is 35.5. The lowest BCUT2D eigenvalue weighted by atomic mass is 10.00. The first-order valence-electron chi connectivity index (χ1n) is 9.30. The van der Waals surface area contributed by atoms with Crippen molar-refractivity contribution in [2.24, 2.45) is 0 Å². The van der Waals surface area contributed by atoms with Crippen molar-refractivity contribution < 1.29 is 8.42 Å². The van der Waals surface area contributed by atoms with Gasteiger partial charge in [0.1, 0.15) is 4.90 Å². The van der Waals surface area contributed by atoms with Crippen LogP contribution in [0.3, 0.4) is 0 Å². The SMILES string of the molecule is O=S(=O)(NCCCCCN1CCc2ccccc2C1)c1cc(Cl)c(Cl)cc1Cl. The fraction of sp³-hybridized carbons (Fsp3) is 0.400. The molecule has 0 amide bonds. The Hall–Kier alpha value is -0.820. The molecule has 1 N–H and O–H groups in total. The highest BCUT2D eigenvalue weighted by molar-refractivity contribution is 7.89. The van der Waals surface area contributed by atoms with E-state index in [-0.39, 0.29) is 20.0 Å². The predicted molar refractivity (Wildman–Crippen MR) is 116 cm³/mol. The van der Waals surface area contributed by atoms with Crippen LogP contribution in [0.5, 0.6) is 0 Å². The topological polar surface area (TPSA) is 49.4 Å². The monoisotopic (exact) mass is 460 g/mol. The number of nitrogens with zero attached hydrogens (tertiary/aromatic N) is 1. The van der Waals surface area contributed by atoms with Gasteiger partial charge in [0.2, 0.25) is 10.0 Å². The molecule has 1 aliphatic heterocycles. The van der Waals surface area contributed by atoms with E-state index in [4.69, 9.17) is 34.8 Å². The molecule has 4 nitrogen and oxygen atoms in total. The lowest BCUT2D eigenvalue weighted by Crippen LogP contribution is -2.31. The number of rotatable bonds is 8. The number of unbranched alkanes of at least 4 members (excludes halogenated alkanes) is 2. The third-order valence-corrected chi connectivity index (χ3v) is 7.57. The number of sulfonamides is 1. The Morgan fingerprint density at radius 2 is 1.64 bits per heavy atom. The molecule has 2 aromatic carbocycles. The largest absolute Gasteiger partial charge is 0.299 e. The van der Waals surface area contributed by atoms with E-state index >= 15 is 0 Å². The lowest BCUT2D eigenvalue weighted by molar-refractivity contribution is 0.248. The van der Waals surface area contributed by atoms with Gasteiger partial charge >= 0.3 is 0 Å². The first-order valence-corrected chi connectivity index (χ1v) is 11.9. The summed E-state index contributed by atoms with van der Waals surface area (Å²) in [7, 11) is -3.71. The van der Waals surface area contributed by atoms with Gasteiger partial charge in [-0.2, -0.15) is 0 Å². The Labute approximate surface area is 181 Å². The van der Waals surface area contributed by atoms with Gasteiger partial charge in [0, 0.05) is 19.6 Å². The predicted octanol–water partition coefficient (Wildman–Crippen LogP) is 5.15. The number of hydrogen-bond acceptors (Lipinski definition) is 3. The highest BCUT2D eigenvalue weighted by Gasteiger charge is 2.19. The maximum Gasteiger partial charge on any atom is 0.242 e. The van der Waals surface area contributed by atoms with Gasteiger partial charge in [-0.25, -0.2) is 13.1 Å². The second-order valence-electron chi connectivity index (χ2n) is 6.95. The minimum atomic E-state index is -3.71. The molecule has 0 spiro atoms. The molecule has 0 saturated heterocycles. The van der Waals surface area contributed by atoms with E-state index in [0.29, 0.717) is 6.54 Å². The van der Waals surface area contributed by atoms with Crippen LogP contribution in [0.15, 0.2) is 41.3 Å². The Morgan fingerprint density at radius 3 is 2.43 bits per heavy atom. The second-order valence-corrected chi connectivity index (χ2v) is 9.91. The van der Waals surface area contributed by atoms with E-state index in [2.05, 4.69) is 33.9 Å². The first-order chi connectivity index (χ1) is 13.4. The fourth-order valence-electron chi connectivity index (χ4n) is 3.38. The van der Waals surface area contributed by atoms with Crippen LogP contribution in [0.2, 0.25) is 15.1 Å². The maximum absolute atomic E-state index is 12.4. The van der Waals surface area contributed by atoms with Gasteiger partial charge in [-0.1, -0.05) is 65.5 Å². The average Bonchev–Trinajstić information content (AvgIpc) is 2.67. The molecule has 0 radical (unpaired) electrons. The fourth-order valence-corrected chi connectivity index (χ4v) is 5.45. The van der Waals surface area contributed by atoms with E-state index in [1.54, 1.807) is 0 Å². The Bertz CT molecular complexity index is 935. The Balaban J connectivity index is 1.40. The molecule has 0 unspecified atom stereocenters. The summed E-state index contributed by atoms with van der Waals surface area (Å²) in [5.41, 5.74) is 2.87. The van der Waals surface area contributed by atoms with Crippen LogP contribution in [0.4, 0.5) is 0 Å². The third kappa shape index (κ3) is 5.62. The van der Waals surface area contributed by atoms with Gasteiger partial charge in [0.15, 0.2) is 0 Å². The first kappa shape index (κ1) is 21.9. The van der Waals surface area contributed by atoms with Crippen LogP contribution >= 0.6 is 34.8 Å². The zero-order chi connectivity index (χ0) is 20.1. The number of halogens is 3. The van der Waals surface area contributed by atoms with Crippen LogP contribution in [0.1, 0.15) is 30.4 Å². The van der Waals surface area contributed by atoms with Crippen molar-refractivity contribution in [3.8, 4) is 0 Å². The molecular formula is C20H23Cl3N2O2S. The summed E-state index contributed by atoms with van der Waals surface area (Å²) in [5.74, 6) is 0. The minimum absolute atomic E-state index is 0.0458. The molecule has 1 heterocycles. The van der Waals surface area contributed by atoms with Gasteiger partial charge in [-0.05, 0) is 49.1 Å². The molecule has 1 aliphatic rings.